The number of hydrogen-bond acceptors (Lipinski definition) is 23. The topological polar surface area (TPSA) is 299 Å². The predicted molar refractivity (Wildman–Crippen MR) is 352 cm³/mol. The average Bonchev–Trinajstić information content (AvgIpc) is 1.28. The van der Waals surface area contributed by atoms with Crippen LogP contribution in [0.2, 0.25) is 0 Å². The van der Waals surface area contributed by atoms with Crippen LogP contribution in [0, 0.1) is 46.3 Å². The molecule has 0 heterocycles. The Morgan fingerprint density at radius 3 is 1.39 bits per heavy atom. The van der Waals surface area contributed by atoms with Gasteiger partial charge in [0.05, 0.1) is 198 Å². The lowest BCUT2D eigenvalue weighted by Gasteiger charge is -2.58. The summed E-state index contributed by atoms with van der Waals surface area (Å²) in [5, 5.41) is 13.0. The van der Waals surface area contributed by atoms with Gasteiger partial charge in [0.25, 0.3) is 0 Å². The lowest BCUT2D eigenvalue weighted by Crippen LogP contribution is -2.51. The monoisotopic (exact) mass is 1390 g/mol. The van der Waals surface area contributed by atoms with Crippen molar-refractivity contribution in [1.82, 2.24) is 5.32 Å². The largest absolute Gasteiger partial charge is 0.472 e. The first-order chi connectivity index (χ1) is 45.5. The molecule has 11 atom stereocenters. The molecule has 0 radical (unpaired) electrons. The Balaban J connectivity index is 0.814. The molecular formula is C66H125NO25P2. The van der Waals surface area contributed by atoms with Gasteiger partial charge in [-0.25, -0.2) is 13.9 Å². The van der Waals surface area contributed by atoms with Crippen molar-refractivity contribution in [1.29, 1.82) is 0 Å². The molecule has 0 spiro atoms. The van der Waals surface area contributed by atoms with Crippen LogP contribution in [0.5, 0.6) is 0 Å². The summed E-state index contributed by atoms with van der Waals surface area (Å²) in [6.45, 7) is 23.3. The number of allylic oxidation sites excluding steroid dienone is 1. The number of phosphoric acid groups is 2. The summed E-state index contributed by atoms with van der Waals surface area (Å²) < 4.78 is 126. The van der Waals surface area contributed by atoms with E-state index in [0.717, 1.165) is 74.2 Å². The molecule has 0 saturated heterocycles. The van der Waals surface area contributed by atoms with Crippen LogP contribution in [0.3, 0.4) is 0 Å². The molecule has 3 saturated carbocycles. The fourth-order valence-electron chi connectivity index (χ4n) is 13.3. The number of hydrogen-bond donors (Lipinski definition) is 4. The zero-order valence-electron chi connectivity index (χ0n) is 58.1. The summed E-state index contributed by atoms with van der Waals surface area (Å²) in [5.41, 5.74) is 2.24. The zero-order valence-corrected chi connectivity index (χ0v) is 59.9. The van der Waals surface area contributed by atoms with Crippen LogP contribution in [0.15, 0.2) is 11.6 Å². The van der Waals surface area contributed by atoms with Crippen LogP contribution in [0.25, 0.3) is 0 Å². The van der Waals surface area contributed by atoms with E-state index in [0.29, 0.717) is 137 Å². The fourth-order valence-corrected chi connectivity index (χ4v) is 14.8. The second-order valence-electron chi connectivity index (χ2n) is 25.6. The first-order valence-corrected chi connectivity index (χ1v) is 38.1. The molecule has 1 amide bonds. The number of unbranched alkanes of at least 4 members (excludes halogenated alkanes) is 1. The normalized spacial score (nSPS) is 23.9. The van der Waals surface area contributed by atoms with E-state index in [1.807, 2.05) is 0 Å². The summed E-state index contributed by atoms with van der Waals surface area (Å²) in [6, 6.07) is 0. The van der Waals surface area contributed by atoms with Gasteiger partial charge < -0.3 is 91.3 Å². The van der Waals surface area contributed by atoms with Crippen LogP contribution in [-0.2, 0) is 98.3 Å². The molecule has 4 aliphatic carbocycles. The van der Waals surface area contributed by atoms with Gasteiger partial charge in [-0.1, -0.05) is 78.9 Å². The first-order valence-electron chi connectivity index (χ1n) is 35.1. The summed E-state index contributed by atoms with van der Waals surface area (Å²) in [5.74, 6) is 4.85. The van der Waals surface area contributed by atoms with Crippen LogP contribution < -0.4 is 5.32 Å². The molecule has 0 aliphatic heterocycles. The van der Waals surface area contributed by atoms with E-state index in [-0.39, 0.29) is 96.9 Å². The minimum Gasteiger partial charge on any atom is -0.446 e. The highest BCUT2D eigenvalue weighted by molar-refractivity contribution is 7.47. The van der Waals surface area contributed by atoms with Gasteiger partial charge in [0.2, 0.25) is 0 Å². The van der Waals surface area contributed by atoms with Crippen molar-refractivity contribution in [3.63, 3.8) is 0 Å². The SMILES string of the molecule is CCCCOCCOCCOCCOCCOCCOP(=O)(O)OCCOCCOCCOCCOCCOCCOP(=O)(O)OCC(O)COCCOCCOCCOCCCNC(=O)O[C@H]1CC[C@@]2(C)C(=CCC3C4CCC([C@H](C)CCCC(C)C)[C@@]4(C)CCC32)C1. The number of rotatable bonds is 63. The Bertz CT molecular complexity index is 2020. The smallest absolute Gasteiger partial charge is 0.446 e. The number of amides is 1. The molecule has 26 nitrogen and oxygen atoms in total. The average molecular weight is 1390 g/mol. The maximum atomic E-state index is 12.8. The highest BCUT2D eigenvalue weighted by Crippen LogP contribution is 2.67. The van der Waals surface area contributed by atoms with Crippen molar-refractivity contribution >= 4 is 21.7 Å². The van der Waals surface area contributed by atoms with Crippen molar-refractivity contribution in [2.45, 2.75) is 144 Å². The molecule has 4 rings (SSSR count). The van der Waals surface area contributed by atoms with Gasteiger partial charge in [-0.2, -0.15) is 0 Å². The number of phosphoric ester groups is 2. The number of aliphatic hydroxyl groups is 1. The highest BCUT2D eigenvalue weighted by atomic mass is 31.2. The molecule has 0 aromatic rings. The van der Waals surface area contributed by atoms with Gasteiger partial charge in [-0.3, -0.25) is 18.1 Å². The Hall–Kier alpha value is -1.37. The number of ether oxygens (including phenoxy) is 15. The first kappa shape index (κ1) is 85.0. The number of aliphatic hydroxyl groups excluding tert-OH is 1. The van der Waals surface area contributed by atoms with Crippen molar-refractivity contribution < 1.29 is 118 Å². The number of carbonyl (C=O) groups excluding carboxylic acids is 1. The molecular weight excluding hydrogens is 1270 g/mol. The van der Waals surface area contributed by atoms with E-state index in [9.17, 15) is 28.8 Å². The molecule has 0 bridgehead atoms. The van der Waals surface area contributed by atoms with E-state index in [1.54, 1.807) is 0 Å². The Morgan fingerprint density at radius 1 is 0.511 bits per heavy atom. The quantitative estimate of drug-likeness (QED) is 0.0250. The summed E-state index contributed by atoms with van der Waals surface area (Å²) in [6.07, 6.45) is 17.5. The molecule has 4 N–H and O–H groups in total. The second kappa shape index (κ2) is 51.7. The lowest BCUT2D eigenvalue weighted by atomic mass is 9.47. The van der Waals surface area contributed by atoms with Gasteiger partial charge >= 0.3 is 21.7 Å². The van der Waals surface area contributed by atoms with E-state index in [2.05, 4.69) is 52.9 Å². The second-order valence-corrected chi connectivity index (χ2v) is 28.5. The Kier molecular flexibility index (Phi) is 46.8. The van der Waals surface area contributed by atoms with Crippen LogP contribution in [0.4, 0.5) is 4.79 Å². The van der Waals surface area contributed by atoms with Crippen LogP contribution in [0.1, 0.15) is 131 Å². The molecule has 0 aromatic carbocycles. The molecule has 0 aromatic heterocycles. The molecule has 94 heavy (non-hydrogen) atoms. The summed E-state index contributed by atoms with van der Waals surface area (Å²) in [4.78, 5) is 32.5. The minimum absolute atomic E-state index is 0.0140. The standard InChI is InChI=1S/C66H125NO25P2/c1-7-8-22-74-24-26-76-28-29-78-30-33-80-38-41-84-46-49-88-93(70,71)89-50-47-85-42-39-81-34-31-79-32-35-82-40-43-86-48-51-90-94(72,73)91-54-58(68)53-87-45-44-83-37-36-77-27-25-75-23-10-21-67-64(69)92-59-17-19-65(5)57(52-59)13-14-60-62-16-15-61(56(4)12-9-11-55(2)3)66(62,6)20-18-63(60)65/h13,55-56,58-63,68H,7-12,14-54H2,1-6H3,(H,67,69)(H,70,71)(H,72,73)/t56-,58?,59+,60?,61?,62?,63?,65+,66-/m1/s1. The third-order valence-electron chi connectivity index (χ3n) is 18.2. The Labute approximate surface area is 562 Å². The number of alkyl carbamates (subject to hydrolysis) is 1. The van der Waals surface area contributed by atoms with E-state index in [1.165, 1.54) is 56.9 Å². The maximum Gasteiger partial charge on any atom is 0.472 e. The van der Waals surface area contributed by atoms with E-state index >= 15 is 0 Å². The number of carbonyl (C=O) groups is 1. The number of nitrogens with one attached hydrogen (secondary N) is 1. The van der Waals surface area contributed by atoms with Crippen molar-refractivity contribution in [2.75, 3.05) is 218 Å². The molecule has 4 aliphatic rings. The Morgan fingerprint density at radius 2 is 0.936 bits per heavy atom. The predicted octanol–water partition coefficient (Wildman–Crippen LogP) is 9.17. The third-order valence-corrected chi connectivity index (χ3v) is 20.2. The lowest BCUT2D eigenvalue weighted by molar-refractivity contribution is -0.0581. The fraction of sp³-hybridized carbons (Fsp3) is 0.955. The van der Waals surface area contributed by atoms with Gasteiger partial charge in [0.15, 0.2) is 0 Å². The van der Waals surface area contributed by atoms with Gasteiger partial charge in [-0.05, 0) is 104 Å². The minimum atomic E-state index is -4.42. The summed E-state index contributed by atoms with van der Waals surface area (Å²) in [7, 11) is -8.67. The zero-order chi connectivity index (χ0) is 67.9. The van der Waals surface area contributed by atoms with Crippen LogP contribution >= 0.6 is 15.6 Å². The highest BCUT2D eigenvalue weighted by Gasteiger charge is 2.59. The third kappa shape index (κ3) is 37.3. The molecule has 7 unspecified atom stereocenters. The van der Waals surface area contributed by atoms with Crippen molar-refractivity contribution in [3.8, 4) is 0 Å². The molecule has 28 heteroatoms. The van der Waals surface area contributed by atoms with Gasteiger partial charge in [0, 0.05) is 26.2 Å². The van der Waals surface area contributed by atoms with Gasteiger partial charge in [-0.15, -0.1) is 0 Å². The molecule has 3 fully saturated rings. The van der Waals surface area contributed by atoms with Crippen molar-refractivity contribution in [3.05, 3.63) is 11.6 Å². The van der Waals surface area contributed by atoms with E-state index < -0.39 is 28.4 Å². The van der Waals surface area contributed by atoms with Crippen molar-refractivity contribution in [2.24, 2.45) is 46.3 Å². The van der Waals surface area contributed by atoms with Crippen LogP contribution in [-0.4, -0.2) is 251 Å². The van der Waals surface area contributed by atoms with E-state index in [4.69, 9.17) is 89.1 Å². The molecule has 554 valence electrons. The van der Waals surface area contributed by atoms with Gasteiger partial charge in [0.1, 0.15) is 12.2 Å². The maximum absolute atomic E-state index is 12.8. The summed E-state index contributed by atoms with van der Waals surface area (Å²) >= 11 is 0. The number of fused-ring (bicyclic) bond motifs is 5.